The summed E-state index contributed by atoms with van der Waals surface area (Å²) >= 11 is 0. The van der Waals surface area contributed by atoms with E-state index in [1.165, 1.54) is 24.2 Å². The van der Waals surface area contributed by atoms with Crippen molar-refractivity contribution in [2.75, 3.05) is 37.6 Å². The first kappa shape index (κ1) is 22.3. The number of imidazole rings is 1. The van der Waals surface area contributed by atoms with E-state index in [0.29, 0.717) is 12.0 Å². The number of fused-ring (bicyclic) bond motifs is 1. The van der Waals surface area contributed by atoms with Crippen LogP contribution in [0.25, 0.3) is 17.3 Å². The number of benzene rings is 1. The van der Waals surface area contributed by atoms with E-state index in [9.17, 15) is 4.79 Å². The van der Waals surface area contributed by atoms with Crippen LogP contribution in [0.4, 0.5) is 5.69 Å². The molecule has 0 spiro atoms. The number of hydrogen-bond acceptors (Lipinski definition) is 4. The Kier molecular flexibility index (Phi) is 6.75. The second-order valence-electron chi connectivity index (χ2n) is 8.80. The van der Waals surface area contributed by atoms with Crippen LogP contribution in [0.1, 0.15) is 49.1 Å². The maximum atomic E-state index is 12.8. The van der Waals surface area contributed by atoms with Crippen molar-refractivity contribution in [3.63, 3.8) is 0 Å². The summed E-state index contributed by atoms with van der Waals surface area (Å²) in [5, 5.41) is 0. The lowest BCUT2D eigenvalue weighted by molar-refractivity contribution is -0.113. The van der Waals surface area contributed by atoms with Crippen molar-refractivity contribution >= 4 is 28.8 Å². The van der Waals surface area contributed by atoms with Gasteiger partial charge >= 0.3 is 0 Å². The highest BCUT2D eigenvalue weighted by Crippen LogP contribution is 2.26. The number of rotatable bonds is 7. The van der Waals surface area contributed by atoms with Crippen LogP contribution in [0.3, 0.4) is 0 Å². The Morgan fingerprint density at radius 3 is 2.50 bits per heavy atom. The number of aryl methyl sites for hydroxylation is 2. The molecule has 2 aromatic heterocycles. The number of pyridine rings is 1. The Balaban J connectivity index is 1.61. The van der Waals surface area contributed by atoms with Crippen LogP contribution in [0.15, 0.2) is 42.7 Å². The smallest absolute Gasteiger partial charge is 0.164 e. The van der Waals surface area contributed by atoms with E-state index in [2.05, 4.69) is 48.8 Å². The minimum Gasteiger partial charge on any atom is -0.369 e. The number of allylic oxidation sites excluding steroid dienone is 1. The number of hydrogen-bond donors (Lipinski definition) is 0. The fourth-order valence-electron chi connectivity index (χ4n) is 4.44. The molecule has 1 aromatic carbocycles. The van der Waals surface area contributed by atoms with Crippen LogP contribution >= 0.6 is 0 Å². The summed E-state index contributed by atoms with van der Waals surface area (Å²) in [4.78, 5) is 22.6. The van der Waals surface area contributed by atoms with Crippen LogP contribution in [-0.2, 0) is 4.79 Å². The first-order valence-electron chi connectivity index (χ1n) is 11.8. The molecule has 3 heterocycles. The second-order valence-corrected chi connectivity index (χ2v) is 8.80. The zero-order valence-electron chi connectivity index (χ0n) is 19.8. The average molecular weight is 431 g/mol. The summed E-state index contributed by atoms with van der Waals surface area (Å²) in [5.74, 6) is 0.112. The third-order valence-electron chi connectivity index (χ3n) is 6.33. The van der Waals surface area contributed by atoms with Gasteiger partial charge in [-0.1, -0.05) is 26.0 Å². The second kappa shape index (κ2) is 9.70. The molecule has 3 aromatic rings. The van der Waals surface area contributed by atoms with Crippen LogP contribution < -0.4 is 4.90 Å². The highest BCUT2D eigenvalue weighted by atomic mass is 16.1. The van der Waals surface area contributed by atoms with Gasteiger partial charge in [-0.15, -0.1) is 0 Å². The summed E-state index contributed by atoms with van der Waals surface area (Å²) in [6, 6.07) is 10.6. The molecule has 0 saturated carbocycles. The number of Topliss-reactive ketones (excluding diaryl/α,β-unsaturated/α-hetero) is 1. The largest absolute Gasteiger partial charge is 0.369 e. The molecule has 0 aliphatic carbocycles. The Morgan fingerprint density at radius 1 is 1.03 bits per heavy atom. The fraction of sp³-hybridized carbons (Fsp3) is 0.407. The molecule has 0 bridgehead atoms. The van der Waals surface area contributed by atoms with Crippen molar-refractivity contribution in [3.8, 4) is 0 Å². The quantitative estimate of drug-likeness (QED) is 0.495. The van der Waals surface area contributed by atoms with Crippen LogP contribution in [0, 0.1) is 13.8 Å². The summed E-state index contributed by atoms with van der Waals surface area (Å²) in [5.41, 5.74) is 6.95. The first-order chi connectivity index (χ1) is 15.5. The molecular formula is C27H34N4O. The maximum absolute atomic E-state index is 12.8. The van der Waals surface area contributed by atoms with Crippen LogP contribution in [-0.4, -0.2) is 52.8 Å². The van der Waals surface area contributed by atoms with Crippen molar-refractivity contribution < 1.29 is 4.79 Å². The predicted octanol–water partition coefficient (Wildman–Crippen LogP) is 5.00. The lowest BCUT2D eigenvalue weighted by Crippen LogP contribution is -2.46. The predicted molar refractivity (Wildman–Crippen MR) is 133 cm³/mol. The van der Waals surface area contributed by atoms with Crippen molar-refractivity contribution in [2.45, 2.75) is 40.5 Å². The molecule has 5 nitrogen and oxygen atoms in total. The van der Waals surface area contributed by atoms with Crippen LogP contribution in [0.5, 0.6) is 0 Å². The maximum Gasteiger partial charge on any atom is 0.164 e. The number of carbonyl (C=O) groups excluding carboxylic acids is 1. The molecule has 0 amide bonds. The fourth-order valence-corrected chi connectivity index (χ4v) is 4.44. The van der Waals surface area contributed by atoms with E-state index in [4.69, 9.17) is 4.98 Å². The summed E-state index contributed by atoms with van der Waals surface area (Å²) in [6.45, 7) is 13.9. The molecule has 0 N–H and O–H groups in total. The Hall–Kier alpha value is -2.92. The average Bonchev–Trinajstić information content (AvgIpc) is 3.21. The van der Waals surface area contributed by atoms with Crippen molar-refractivity contribution in [1.29, 1.82) is 0 Å². The number of nitrogens with zero attached hydrogens (tertiary/aromatic N) is 4. The summed E-state index contributed by atoms with van der Waals surface area (Å²) in [6.07, 6.45) is 7.68. The van der Waals surface area contributed by atoms with Gasteiger partial charge in [0.1, 0.15) is 5.65 Å². The molecule has 0 radical (unpaired) electrons. The molecule has 168 valence electrons. The van der Waals surface area contributed by atoms with E-state index in [0.717, 1.165) is 48.6 Å². The van der Waals surface area contributed by atoms with Gasteiger partial charge in [0, 0.05) is 56.3 Å². The monoisotopic (exact) mass is 430 g/mol. The molecule has 32 heavy (non-hydrogen) atoms. The minimum atomic E-state index is 0.112. The van der Waals surface area contributed by atoms with Crippen LogP contribution in [0.2, 0.25) is 0 Å². The molecular weight excluding hydrogens is 396 g/mol. The van der Waals surface area contributed by atoms with Crippen molar-refractivity contribution in [3.05, 3.63) is 65.1 Å². The zero-order chi connectivity index (χ0) is 22.7. The summed E-state index contributed by atoms with van der Waals surface area (Å²) in [7, 11) is 0. The standard InChI is InChI=1S/C27H34N4O/c1-5-11-29-12-14-30(15-13-29)23-9-8-22(21(4)16-23)17-24(26(32)6-2)25-19-31-18-20(3)7-10-27(31)28-25/h7-10,16-19H,5-6,11-15H2,1-4H3/b24-17-. The molecule has 1 aliphatic heterocycles. The highest BCUT2D eigenvalue weighted by molar-refractivity contribution is 6.24. The van der Waals surface area contributed by atoms with Gasteiger partial charge in [-0.3, -0.25) is 9.69 Å². The first-order valence-corrected chi connectivity index (χ1v) is 11.8. The van der Waals surface area contributed by atoms with Gasteiger partial charge in [0.05, 0.1) is 5.69 Å². The van der Waals surface area contributed by atoms with E-state index in [-0.39, 0.29) is 5.78 Å². The minimum absolute atomic E-state index is 0.112. The van der Waals surface area contributed by atoms with E-state index in [1.807, 2.05) is 41.9 Å². The molecule has 1 aliphatic rings. The van der Waals surface area contributed by atoms with Crippen molar-refractivity contribution in [1.82, 2.24) is 14.3 Å². The molecule has 4 rings (SSSR count). The SMILES string of the molecule is CCCN1CCN(c2ccc(/C=C(\C(=O)CC)c3cn4cc(C)ccc4n3)c(C)c2)CC1. The molecule has 0 atom stereocenters. The third kappa shape index (κ3) is 4.78. The lowest BCUT2D eigenvalue weighted by Gasteiger charge is -2.36. The third-order valence-corrected chi connectivity index (χ3v) is 6.33. The molecule has 0 unspecified atom stereocenters. The lowest BCUT2D eigenvalue weighted by atomic mass is 9.99. The highest BCUT2D eigenvalue weighted by Gasteiger charge is 2.18. The van der Waals surface area contributed by atoms with Crippen molar-refractivity contribution in [2.24, 2.45) is 0 Å². The molecule has 5 heteroatoms. The van der Waals surface area contributed by atoms with Gasteiger partial charge in [0.2, 0.25) is 0 Å². The Morgan fingerprint density at radius 2 is 1.81 bits per heavy atom. The number of ketones is 1. The number of aromatic nitrogens is 2. The molecule has 1 saturated heterocycles. The Bertz CT molecular complexity index is 1140. The van der Waals surface area contributed by atoms with Gasteiger partial charge in [0.15, 0.2) is 5.78 Å². The number of anilines is 1. The zero-order valence-corrected chi connectivity index (χ0v) is 19.8. The normalized spacial score (nSPS) is 15.5. The van der Waals surface area contributed by atoms with E-state index in [1.54, 1.807) is 0 Å². The number of piperazine rings is 1. The van der Waals surface area contributed by atoms with Gasteiger partial charge < -0.3 is 9.30 Å². The van der Waals surface area contributed by atoms with E-state index < -0.39 is 0 Å². The number of carbonyl (C=O) groups is 1. The molecule has 1 fully saturated rings. The van der Waals surface area contributed by atoms with Gasteiger partial charge in [0.25, 0.3) is 0 Å². The van der Waals surface area contributed by atoms with Gasteiger partial charge in [-0.2, -0.15) is 0 Å². The Labute approximate surface area is 191 Å². The van der Waals surface area contributed by atoms with E-state index >= 15 is 0 Å². The van der Waals surface area contributed by atoms with Gasteiger partial charge in [-0.25, -0.2) is 4.98 Å². The topological polar surface area (TPSA) is 40.9 Å². The summed E-state index contributed by atoms with van der Waals surface area (Å²) < 4.78 is 2.00. The van der Waals surface area contributed by atoms with Gasteiger partial charge in [-0.05, 0) is 67.8 Å².